The fourth-order valence-electron chi connectivity index (χ4n) is 1.12. The van der Waals surface area contributed by atoms with E-state index in [1.807, 2.05) is 0 Å². The smallest absolute Gasteiger partial charge is 0.268 e. The van der Waals surface area contributed by atoms with E-state index in [0.717, 1.165) is 12.1 Å². The maximum absolute atomic E-state index is 13.4. The van der Waals surface area contributed by atoms with E-state index in [4.69, 9.17) is 0 Å². The zero-order valence-corrected chi connectivity index (χ0v) is 9.17. The van der Waals surface area contributed by atoms with Crippen molar-refractivity contribution in [1.82, 2.24) is 10.4 Å². The number of amides is 1. The minimum atomic E-state index is -0.836. The quantitative estimate of drug-likeness (QED) is 0.793. The third-order valence-corrected chi connectivity index (χ3v) is 1.81. The number of carbonyl (C=O) groups excluding carboxylic acids is 1. The Kier molecular flexibility index (Phi) is 3.78. The second kappa shape index (κ2) is 4.89. The summed E-state index contributed by atoms with van der Waals surface area (Å²) in [4.78, 5) is 11.4. The van der Waals surface area contributed by atoms with Gasteiger partial charge in [0.15, 0.2) is 11.6 Å². The number of benzene rings is 1. The fourth-order valence-corrected chi connectivity index (χ4v) is 1.12. The number of ether oxygens (including phenoxy) is 1. The molecule has 0 aromatic heterocycles. The molecule has 0 saturated heterocycles. The molecule has 1 amide bonds. The highest BCUT2D eigenvalue weighted by atomic mass is 19.1. The highest BCUT2D eigenvalue weighted by Crippen LogP contribution is 2.21. The highest BCUT2D eigenvalue weighted by Gasteiger charge is 2.16. The van der Waals surface area contributed by atoms with Gasteiger partial charge in [-0.15, -0.1) is 0 Å². The number of hydrogen-bond acceptors (Lipinski definition) is 3. The first-order valence-corrected chi connectivity index (χ1v) is 4.47. The Morgan fingerprint density at radius 1 is 1.31 bits per heavy atom. The molecular weight excluding hydrogens is 218 g/mol. The molecule has 0 radical (unpaired) electrons. The summed E-state index contributed by atoms with van der Waals surface area (Å²) in [5.74, 6) is -2.58. The van der Waals surface area contributed by atoms with Crippen LogP contribution in [0.1, 0.15) is 10.4 Å². The summed E-state index contributed by atoms with van der Waals surface area (Å²) in [6, 6.07) is 1.63. The molecule has 4 nitrogen and oxygen atoms in total. The Bertz CT molecular complexity index is 408. The van der Waals surface area contributed by atoms with Gasteiger partial charge in [-0.25, -0.2) is 13.8 Å². The molecule has 1 N–H and O–H groups in total. The van der Waals surface area contributed by atoms with E-state index in [1.165, 1.54) is 12.1 Å². The summed E-state index contributed by atoms with van der Waals surface area (Å²) < 4.78 is 31.2. The Labute approximate surface area is 91.8 Å². The summed E-state index contributed by atoms with van der Waals surface area (Å²) in [5.41, 5.74) is 1.94. The van der Waals surface area contributed by atoms with Gasteiger partial charge in [-0.3, -0.25) is 10.2 Å². The second-order valence-corrected chi connectivity index (χ2v) is 3.30. The zero-order valence-electron chi connectivity index (χ0n) is 9.17. The van der Waals surface area contributed by atoms with Gasteiger partial charge in [-0.1, -0.05) is 0 Å². The van der Waals surface area contributed by atoms with E-state index in [0.29, 0.717) is 0 Å². The molecule has 6 heteroatoms. The van der Waals surface area contributed by atoms with Gasteiger partial charge in [-0.2, -0.15) is 0 Å². The molecule has 0 bridgehead atoms. The Balaban J connectivity index is 3.06. The molecule has 0 heterocycles. The lowest BCUT2D eigenvalue weighted by Crippen LogP contribution is -2.36. The van der Waals surface area contributed by atoms with E-state index in [1.54, 1.807) is 14.1 Å². The molecule has 1 aromatic carbocycles. The predicted octanol–water partition coefficient (Wildman–Crippen LogP) is 1.18. The van der Waals surface area contributed by atoms with Crippen LogP contribution in [0.2, 0.25) is 0 Å². The van der Waals surface area contributed by atoms with Crippen LogP contribution < -0.4 is 10.2 Å². The second-order valence-electron chi connectivity index (χ2n) is 3.30. The molecule has 0 spiro atoms. The number of halogens is 2. The van der Waals surface area contributed by atoms with Crippen molar-refractivity contribution in [3.8, 4) is 5.75 Å². The van der Waals surface area contributed by atoms with Crippen LogP contribution in [-0.2, 0) is 0 Å². The van der Waals surface area contributed by atoms with Crippen LogP contribution in [0, 0.1) is 11.6 Å². The molecule has 88 valence electrons. The van der Waals surface area contributed by atoms with E-state index in [-0.39, 0.29) is 11.3 Å². The Morgan fingerprint density at radius 2 is 1.94 bits per heavy atom. The average molecular weight is 230 g/mol. The van der Waals surface area contributed by atoms with E-state index >= 15 is 0 Å². The van der Waals surface area contributed by atoms with Gasteiger partial charge in [-0.05, 0) is 6.07 Å². The number of methoxy groups -OCH3 is 1. The maximum atomic E-state index is 13.4. The number of carbonyl (C=O) groups is 1. The van der Waals surface area contributed by atoms with E-state index in [2.05, 4.69) is 10.2 Å². The van der Waals surface area contributed by atoms with Crippen molar-refractivity contribution >= 4 is 5.91 Å². The topological polar surface area (TPSA) is 41.6 Å². The molecule has 0 aliphatic rings. The summed E-state index contributed by atoms with van der Waals surface area (Å²) in [5, 5.41) is 1.34. The van der Waals surface area contributed by atoms with Crippen molar-refractivity contribution in [2.75, 3.05) is 21.2 Å². The first-order valence-electron chi connectivity index (χ1n) is 4.47. The van der Waals surface area contributed by atoms with Gasteiger partial charge < -0.3 is 4.74 Å². The van der Waals surface area contributed by atoms with Crippen molar-refractivity contribution in [2.45, 2.75) is 0 Å². The number of nitrogens with zero attached hydrogens (tertiary/aromatic N) is 1. The molecular formula is C10H12F2N2O2. The average Bonchev–Trinajstić information content (AvgIpc) is 2.19. The van der Waals surface area contributed by atoms with Crippen molar-refractivity contribution in [3.63, 3.8) is 0 Å². The van der Waals surface area contributed by atoms with Gasteiger partial charge in [0.1, 0.15) is 5.82 Å². The fraction of sp³-hybridized carbons (Fsp3) is 0.300. The summed E-state index contributed by atoms with van der Waals surface area (Å²) >= 11 is 0. The third-order valence-electron chi connectivity index (χ3n) is 1.81. The summed E-state index contributed by atoms with van der Waals surface area (Å²) in [7, 11) is 4.35. The zero-order chi connectivity index (χ0) is 12.3. The summed E-state index contributed by atoms with van der Waals surface area (Å²) in [6.45, 7) is 0. The van der Waals surface area contributed by atoms with Crippen LogP contribution in [0.4, 0.5) is 8.78 Å². The first kappa shape index (κ1) is 12.4. The van der Waals surface area contributed by atoms with Crippen molar-refractivity contribution in [3.05, 3.63) is 29.3 Å². The highest BCUT2D eigenvalue weighted by molar-refractivity contribution is 5.94. The third kappa shape index (κ3) is 2.66. The van der Waals surface area contributed by atoms with Crippen LogP contribution in [0.15, 0.2) is 12.1 Å². The normalized spacial score (nSPS) is 10.4. The van der Waals surface area contributed by atoms with Crippen LogP contribution in [0.5, 0.6) is 5.75 Å². The van der Waals surface area contributed by atoms with Gasteiger partial charge in [0.25, 0.3) is 5.91 Å². The lowest BCUT2D eigenvalue weighted by atomic mass is 10.2. The molecule has 16 heavy (non-hydrogen) atoms. The first-order chi connectivity index (χ1) is 7.45. The molecule has 0 fully saturated rings. The van der Waals surface area contributed by atoms with E-state index < -0.39 is 17.5 Å². The Hall–Kier alpha value is -1.69. The van der Waals surface area contributed by atoms with Crippen molar-refractivity contribution in [1.29, 1.82) is 0 Å². The molecule has 1 aromatic rings. The minimum absolute atomic E-state index is 0.237. The standard InChI is InChI=1S/C10H12F2N2O2/c1-14(2)13-10(15)6-4-8(12)9(16-3)5-7(6)11/h4-5H,1-3H3,(H,13,15). The SMILES string of the molecule is COc1cc(F)c(C(=O)NN(C)C)cc1F. The lowest BCUT2D eigenvalue weighted by Gasteiger charge is -2.12. The van der Waals surface area contributed by atoms with Gasteiger partial charge in [0.2, 0.25) is 0 Å². The Morgan fingerprint density at radius 3 is 2.44 bits per heavy atom. The number of rotatable bonds is 3. The molecule has 0 saturated carbocycles. The van der Waals surface area contributed by atoms with Crippen LogP contribution >= 0.6 is 0 Å². The van der Waals surface area contributed by atoms with Crippen LogP contribution in [0.25, 0.3) is 0 Å². The molecule has 0 aliphatic heterocycles. The molecule has 1 rings (SSSR count). The van der Waals surface area contributed by atoms with Crippen molar-refractivity contribution < 1.29 is 18.3 Å². The van der Waals surface area contributed by atoms with Gasteiger partial charge in [0, 0.05) is 20.2 Å². The monoisotopic (exact) mass is 230 g/mol. The van der Waals surface area contributed by atoms with Crippen molar-refractivity contribution in [2.24, 2.45) is 0 Å². The van der Waals surface area contributed by atoms with E-state index in [9.17, 15) is 13.6 Å². The van der Waals surface area contributed by atoms with Crippen LogP contribution in [-0.4, -0.2) is 32.1 Å². The lowest BCUT2D eigenvalue weighted by molar-refractivity contribution is 0.0852. The molecule has 0 aliphatic carbocycles. The minimum Gasteiger partial charge on any atom is -0.494 e. The largest absolute Gasteiger partial charge is 0.494 e. The number of nitrogens with one attached hydrogen (secondary N) is 1. The predicted molar refractivity (Wildman–Crippen MR) is 54.1 cm³/mol. The van der Waals surface area contributed by atoms with Crippen LogP contribution in [0.3, 0.4) is 0 Å². The molecule has 0 atom stereocenters. The van der Waals surface area contributed by atoms with Gasteiger partial charge >= 0.3 is 0 Å². The van der Waals surface area contributed by atoms with Gasteiger partial charge in [0.05, 0.1) is 12.7 Å². The number of hydrogen-bond donors (Lipinski definition) is 1. The maximum Gasteiger partial charge on any atom is 0.268 e. The number of hydrazine groups is 1. The molecule has 0 unspecified atom stereocenters. The summed E-state index contributed by atoms with van der Waals surface area (Å²) in [6.07, 6.45) is 0.